The third kappa shape index (κ3) is 4.70. The highest BCUT2D eigenvalue weighted by Crippen LogP contribution is 2.19. The molecule has 0 aliphatic heterocycles. The molecule has 1 aromatic carbocycles. The van der Waals surface area contributed by atoms with Crippen LogP contribution in [-0.4, -0.2) is 29.0 Å². The molecule has 7 heteroatoms. The molecule has 5 nitrogen and oxygen atoms in total. The van der Waals surface area contributed by atoms with Crippen molar-refractivity contribution in [2.75, 3.05) is 13.1 Å². The van der Waals surface area contributed by atoms with E-state index in [1.54, 1.807) is 34.6 Å². The van der Waals surface area contributed by atoms with E-state index in [4.69, 9.17) is 4.42 Å². The molecule has 136 valence electrons. The van der Waals surface area contributed by atoms with Crippen LogP contribution < -0.4 is 5.32 Å². The minimum atomic E-state index is -0.300. The number of thiophene rings is 1. The van der Waals surface area contributed by atoms with Gasteiger partial charge >= 0.3 is 6.03 Å². The van der Waals surface area contributed by atoms with Crippen LogP contribution in [0.1, 0.15) is 17.5 Å². The van der Waals surface area contributed by atoms with Gasteiger partial charge in [0.15, 0.2) is 0 Å². The zero-order chi connectivity index (χ0) is 18.4. The van der Waals surface area contributed by atoms with E-state index in [0.717, 1.165) is 16.1 Å². The van der Waals surface area contributed by atoms with Gasteiger partial charge in [-0.2, -0.15) is 0 Å². The van der Waals surface area contributed by atoms with Crippen molar-refractivity contribution < 1.29 is 13.6 Å². The number of benzene rings is 1. The average molecular weight is 373 g/mol. The minimum absolute atomic E-state index is 0.0943. The highest BCUT2D eigenvalue weighted by Gasteiger charge is 2.13. The van der Waals surface area contributed by atoms with Crippen molar-refractivity contribution in [3.05, 3.63) is 64.4 Å². The quantitative estimate of drug-likeness (QED) is 0.671. The molecule has 0 saturated carbocycles. The van der Waals surface area contributed by atoms with Crippen molar-refractivity contribution in [2.24, 2.45) is 0 Å². The van der Waals surface area contributed by atoms with Crippen molar-refractivity contribution in [1.82, 2.24) is 15.2 Å². The van der Waals surface area contributed by atoms with Gasteiger partial charge in [0.05, 0.1) is 12.2 Å². The van der Waals surface area contributed by atoms with E-state index in [1.807, 2.05) is 24.4 Å². The van der Waals surface area contributed by atoms with Crippen LogP contribution in [0.2, 0.25) is 0 Å². The third-order valence-electron chi connectivity index (χ3n) is 3.90. The second-order valence-corrected chi connectivity index (χ2v) is 6.76. The third-order valence-corrected chi connectivity index (χ3v) is 4.76. The number of hydrogen-bond acceptors (Lipinski definition) is 4. The van der Waals surface area contributed by atoms with Gasteiger partial charge in [0.25, 0.3) is 0 Å². The number of carbonyl (C=O) groups is 1. The highest BCUT2D eigenvalue weighted by molar-refractivity contribution is 7.09. The lowest BCUT2D eigenvalue weighted by Crippen LogP contribution is -2.40. The molecule has 0 unspecified atom stereocenters. The first kappa shape index (κ1) is 18.1. The van der Waals surface area contributed by atoms with Crippen LogP contribution >= 0.6 is 11.3 Å². The monoisotopic (exact) mass is 373 g/mol. The SMILES string of the molecule is CCN(Cc1cccs1)C(=O)NCCc1coc(-c2ccc(F)cc2)n1. The summed E-state index contributed by atoms with van der Waals surface area (Å²) in [5, 5.41) is 4.92. The van der Waals surface area contributed by atoms with Gasteiger partial charge in [-0.1, -0.05) is 6.07 Å². The predicted octanol–water partition coefficient (Wildman–Crippen LogP) is 4.32. The number of urea groups is 1. The number of amides is 2. The van der Waals surface area contributed by atoms with Gasteiger partial charge in [0, 0.05) is 30.0 Å². The van der Waals surface area contributed by atoms with Gasteiger partial charge in [-0.15, -0.1) is 11.3 Å². The molecule has 0 bridgehead atoms. The molecule has 0 aliphatic rings. The normalized spacial score (nSPS) is 10.7. The first-order chi connectivity index (χ1) is 12.7. The van der Waals surface area contributed by atoms with Crippen LogP contribution in [0.25, 0.3) is 11.5 Å². The molecule has 0 radical (unpaired) electrons. The Morgan fingerprint density at radius 1 is 1.31 bits per heavy atom. The number of oxazole rings is 1. The zero-order valence-electron chi connectivity index (χ0n) is 14.4. The van der Waals surface area contributed by atoms with E-state index in [9.17, 15) is 9.18 Å². The Bertz CT molecular complexity index is 831. The van der Waals surface area contributed by atoms with E-state index in [0.29, 0.717) is 31.9 Å². The van der Waals surface area contributed by atoms with Crippen LogP contribution in [-0.2, 0) is 13.0 Å². The molecule has 0 spiro atoms. The average Bonchev–Trinajstić information content (AvgIpc) is 3.32. The summed E-state index contributed by atoms with van der Waals surface area (Å²) in [4.78, 5) is 19.6. The number of hydrogen-bond donors (Lipinski definition) is 1. The molecule has 3 rings (SSSR count). The summed E-state index contributed by atoms with van der Waals surface area (Å²) in [6.45, 7) is 3.68. The first-order valence-electron chi connectivity index (χ1n) is 8.41. The van der Waals surface area contributed by atoms with Crippen LogP contribution in [0.4, 0.5) is 9.18 Å². The summed E-state index contributed by atoms with van der Waals surface area (Å²) >= 11 is 1.64. The Hall–Kier alpha value is -2.67. The number of halogens is 1. The first-order valence-corrected chi connectivity index (χ1v) is 9.29. The number of rotatable bonds is 7. The van der Waals surface area contributed by atoms with Crippen molar-refractivity contribution >= 4 is 17.4 Å². The topological polar surface area (TPSA) is 58.4 Å². The smallest absolute Gasteiger partial charge is 0.317 e. The lowest BCUT2D eigenvalue weighted by molar-refractivity contribution is 0.199. The van der Waals surface area contributed by atoms with Gasteiger partial charge in [-0.05, 0) is 42.6 Å². The van der Waals surface area contributed by atoms with E-state index >= 15 is 0 Å². The predicted molar refractivity (Wildman–Crippen MR) is 99.4 cm³/mol. The largest absolute Gasteiger partial charge is 0.444 e. The fraction of sp³-hybridized carbons (Fsp3) is 0.263. The van der Waals surface area contributed by atoms with Crippen molar-refractivity contribution in [3.63, 3.8) is 0 Å². The molecule has 0 fully saturated rings. The van der Waals surface area contributed by atoms with Gasteiger partial charge in [0.2, 0.25) is 5.89 Å². The Morgan fingerprint density at radius 3 is 2.81 bits per heavy atom. The lowest BCUT2D eigenvalue weighted by atomic mass is 10.2. The second-order valence-electron chi connectivity index (χ2n) is 5.73. The van der Waals surface area contributed by atoms with E-state index in [-0.39, 0.29) is 11.8 Å². The van der Waals surface area contributed by atoms with Crippen LogP contribution in [0.15, 0.2) is 52.5 Å². The highest BCUT2D eigenvalue weighted by atomic mass is 32.1. The Balaban J connectivity index is 1.49. The van der Waals surface area contributed by atoms with Gasteiger partial charge in [-0.3, -0.25) is 0 Å². The molecule has 2 heterocycles. The van der Waals surface area contributed by atoms with Crippen LogP contribution in [0.3, 0.4) is 0 Å². The van der Waals surface area contributed by atoms with Crippen LogP contribution in [0, 0.1) is 5.82 Å². The summed E-state index contributed by atoms with van der Waals surface area (Å²) in [6, 6.07) is 9.89. The van der Waals surface area contributed by atoms with Gasteiger partial charge in [-0.25, -0.2) is 14.2 Å². The molecule has 0 saturated heterocycles. The number of carbonyl (C=O) groups excluding carboxylic acids is 1. The molecule has 0 atom stereocenters. The molecule has 2 aromatic heterocycles. The van der Waals surface area contributed by atoms with Gasteiger partial charge in [0.1, 0.15) is 12.1 Å². The zero-order valence-corrected chi connectivity index (χ0v) is 15.3. The Labute approximate surface area is 155 Å². The standard InChI is InChI=1S/C19H20FN3O2S/c1-2-23(12-17-4-3-11-26-17)19(24)21-10-9-16-13-25-18(22-16)14-5-7-15(20)8-6-14/h3-8,11,13H,2,9-10,12H2,1H3,(H,21,24). The molecule has 3 aromatic rings. The van der Waals surface area contributed by atoms with Gasteiger partial charge < -0.3 is 14.6 Å². The van der Waals surface area contributed by atoms with E-state index in [1.165, 1.54) is 12.1 Å². The minimum Gasteiger partial charge on any atom is -0.444 e. The Morgan fingerprint density at radius 2 is 2.12 bits per heavy atom. The maximum Gasteiger partial charge on any atom is 0.317 e. The summed E-state index contributed by atoms with van der Waals surface area (Å²) in [7, 11) is 0. The molecular weight excluding hydrogens is 353 g/mol. The van der Waals surface area contributed by atoms with E-state index in [2.05, 4.69) is 10.3 Å². The fourth-order valence-corrected chi connectivity index (χ4v) is 3.19. The maximum absolute atomic E-state index is 13.0. The number of aromatic nitrogens is 1. The molecule has 1 N–H and O–H groups in total. The summed E-state index contributed by atoms with van der Waals surface area (Å²) < 4.78 is 18.4. The molecule has 0 aliphatic carbocycles. The van der Waals surface area contributed by atoms with Crippen molar-refractivity contribution in [3.8, 4) is 11.5 Å². The second kappa shape index (κ2) is 8.62. The number of nitrogens with zero attached hydrogens (tertiary/aromatic N) is 2. The molecule has 2 amide bonds. The van der Waals surface area contributed by atoms with E-state index < -0.39 is 0 Å². The van der Waals surface area contributed by atoms with Crippen molar-refractivity contribution in [2.45, 2.75) is 19.9 Å². The molecule has 26 heavy (non-hydrogen) atoms. The van der Waals surface area contributed by atoms with Crippen molar-refractivity contribution in [1.29, 1.82) is 0 Å². The lowest BCUT2D eigenvalue weighted by Gasteiger charge is -2.20. The fourth-order valence-electron chi connectivity index (χ4n) is 2.47. The summed E-state index contributed by atoms with van der Waals surface area (Å²) in [6.07, 6.45) is 2.13. The molecular formula is C19H20FN3O2S. The van der Waals surface area contributed by atoms with Crippen LogP contribution in [0.5, 0.6) is 0 Å². The Kier molecular flexibility index (Phi) is 6.01. The summed E-state index contributed by atoms with van der Waals surface area (Å²) in [5.74, 6) is 0.144. The summed E-state index contributed by atoms with van der Waals surface area (Å²) in [5.41, 5.74) is 1.46. The number of nitrogens with one attached hydrogen (secondary N) is 1. The maximum atomic E-state index is 13.0.